The molecule has 11 amide bonds. The Morgan fingerprint density at radius 1 is 0.494 bits per heavy atom. The predicted molar refractivity (Wildman–Crippen MR) is 325 cm³/mol. The largest absolute Gasteiger partial charge is 0.391 e. The van der Waals surface area contributed by atoms with Crippen molar-refractivity contribution < 1.29 is 63.0 Å². The standard InChI is InChI=1S/C61H109N11O13/c1-24-27-28-38(14)51(75)50-55(79)64-42(25-2)57(81)66(18)32-46(74)72(26-3)49(41(17)73)54(78)65-47(36(10)11)60(84)67(19)43(29-33(4)5)53(77)62-39(15)52(76)63-40(16)56(80)68(20)44(30-34(6)7)58(82)69(21)45(31-35(8)9)59(83)70(22)48(37(12)13)61(85)71(50)23/h24,27,33-45,47-51,73,75H,25-26,28-32H2,1-23H3,(H,62,77)(H,63,76)(H,64,79)(H,65,78)/b27-24+/t38-,39+,40-,41?,42?,43+,44+,45+,47+,48+,49?,50+,51-/m1/s1. The second-order valence-electron chi connectivity index (χ2n) is 25.3. The summed E-state index contributed by atoms with van der Waals surface area (Å²) in [5.41, 5.74) is 0. The Kier molecular flexibility index (Phi) is 31.5. The van der Waals surface area contributed by atoms with Crippen LogP contribution in [0.4, 0.5) is 0 Å². The highest BCUT2D eigenvalue weighted by atomic mass is 16.3. The van der Waals surface area contributed by atoms with E-state index in [0.717, 1.165) is 14.7 Å². The van der Waals surface area contributed by atoms with Crippen molar-refractivity contribution >= 4 is 65.0 Å². The van der Waals surface area contributed by atoms with Crippen molar-refractivity contribution in [1.82, 2.24) is 55.6 Å². The Morgan fingerprint density at radius 3 is 1.39 bits per heavy atom. The van der Waals surface area contributed by atoms with Crippen LogP contribution in [0.2, 0.25) is 0 Å². The molecule has 1 rings (SSSR count). The first-order valence-electron chi connectivity index (χ1n) is 30.3. The van der Waals surface area contributed by atoms with Crippen molar-refractivity contribution in [2.24, 2.45) is 35.5 Å². The Morgan fingerprint density at radius 2 is 0.941 bits per heavy atom. The summed E-state index contributed by atoms with van der Waals surface area (Å²) in [4.78, 5) is 168. The number of allylic oxidation sites excluding steroid dienone is 2. The number of carbonyl (C=O) groups is 11. The summed E-state index contributed by atoms with van der Waals surface area (Å²) in [5.74, 6) is -10.4. The van der Waals surface area contributed by atoms with Gasteiger partial charge in [0.05, 0.1) is 18.8 Å². The number of nitrogens with zero attached hydrogens (tertiary/aromatic N) is 7. The molecule has 1 saturated heterocycles. The zero-order valence-electron chi connectivity index (χ0n) is 55.5. The van der Waals surface area contributed by atoms with Gasteiger partial charge in [0.1, 0.15) is 60.4 Å². The van der Waals surface area contributed by atoms with E-state index in [2.05, 4.69) is 21.3 Å². The van der Waals surface area contributed by atoms with Crippen LogP contribution < -0.4 is 21.3 Å². The average Bonchev–Trinajstić information content (AvgIpc) is 3.56. The summed E-state index contributed by atoms with van der Waals surface area (Å²) in [6.45, 7) is 27.9. The summed E-state index contributed by atoms with van der Waals surface area (Å²) in [7, 11) is 8.34. The molecule has 0 radical (unpaired) electrons. The lowest BCUT2D eigenvalue weighted by Crippen LogP contribution is -2.63. The number of hydrogen-bond donors (Lipinski definition) is 6. The molecular weight excluding hydrogens is 1090 g/mol. The van der Waals surface area contributed by atoms with Gasteiger partial charge in [0.25, 0.3) is 0 Å². The number of likely N-dealkylation sites (N-methyl/N-ethyl adjacent to an activating group) is 7. The third kappa shape index (κ3) is 21.0. The SMILES string of the molecule is C/C=C/C[C@@H](C)[C@@H](O)[C@H]1C(=O)NC(CC)C(=O)N(C)CC(=O)N(CC)C(C(C)O)C(=O)N[C@@H](C(C)C)C(=O)N(C)[C@@H](CC(C)C)C(=O)N[C@@H](C)C(=O)N[C@H](C)C(=O)N(C)[C@@H](CC(C)C)C(=O)N(C)[C@@H](CC(C)C)C(=O)N(C)[C@@H](C(C)C)C(=O)N1C. The molecule has 13 atom stereocenters. The van der Waals surface area contributed by atoms with Crippen molar-refractivity contribution in [2.45, 2.75) is 222 Å². The summed E-state index contributed by atoms with van der Waals surface area (Å²) in [6.07, 6.45) is 1.20. The van der Waals surface area contributed by atoms with E-state index in [1.165, 1.54) is 82.7 Å². The fourth-order valence-corrected chi connectivity index (χ4v) is 10.7. The summed E-state index contributed by atoms with van der Waals surface area (Å²) >= 11 is 0. The Hall–Kier alpha value is -6.17. The van der Waals surface area contributed by atoms with Crippen LogP contribution in [0.3, 0.4) is 0 Å². The normalized spacial score (nSPS) is 27.2. The molecule has 0 aromatic rings. The molecule has 0 aromatic carbocycles. The Labute approximate surface area is 507 Å². The van der Waals surface area contributed by atoms with Crippen LogP contribution in [0, 0.1) is 35.5 Å². The molecule has 0 bridgehead atoms. The van der Waals surface area contributed by atoms with Gasteiger partial charge < -0.3 is 65.8 Å². The maximum Gasteiger partial charge on any atom is 0.246 e. The lowest BCUT2D eigenvalue weighted by Gasteiger charge is -2.41. The number of hydrogen-bond acceptors (Lipinski definition) is 13. The maximum absolute atomic E-state index is 15.1. The zero-order chi connectivity index (χ0) is 66.0. The summed E-state index contributed by atoms with van der Waals surface area (Å²) in [5, 5.41) is 34.0. The molecule has 0 spiro atoms. The second-order valence-corrected chi connectivity index (χ2v) is 25.3. The van der Waals surface area contributed by atoms with E-state index in [1.807, 2.05) is 41.5 Å². The van der Waals surface area contributed by atoms with Crippen LogP contribution in [0.5, 0.6) is 0 Å². The van der Waals surface area contributed by atoms with E-state index in [9.17, 15) is 53.4 Å². The minimum Gasteiger partial charge on any atom is -0.391 e. The average molecular weight is 1200 g/mol. The number of rotatable bonds is 15. The van der Waals surface area contributed by atoms with Crippen LogP contribution in [-0.2, 0) is 52.7 Å². The highest BCUT2D eigenvalue weighted by Gasteiger charge is 2.46. The molecule has 0 aromatic heterocycles. The van der Waals surface area contributed by atoms with E-state index in [0.29, 0.717) is 6.42 Å². The minimum absolute atomic E-state index is 0.0168. The minimum atomic E-state index is -1.64. The van der Waals surface area contributed by atoms with Gasteiger partial charge in [-0.1, -0.05) is 95.2 Å². The molecular formula is C61H109N11O13. The summed E-state index contributed by atoms with van der Waals surface area (Å²) < 4.78 is 0. The first-order valence-corrected chi connectivity index (χ1v) is 30.3. The molecule has 486 valence electrons. The topological polar surface area (TPSA) is 299 Å². The molecule has 1 aliphatic rings. The molecule has 24 nitrogen and oxygen atoms in total. The quantitative estimate of drug-likeness (QED) is 0.128. The van der Waals surface area contributed by atoms with E-state index in [-0.39, 0.29) is 50.0 Å². The molecule has 1 aliphatic heterocycles. The van der Waals surface area contributed by atoms with Gasteiger partial charge in [-0.3, -0.25) is 52.7 Å². The fourth-order valence-electron chi connectivity index (χ4n) is 10.7. The van der Waals surface area contributed by atoms with Gasteiger partial charge in [-0.2, -0.15) is 0 Å². The van der Waals surface area contributed by atoms with E-state index < -0.39 is 162 Å². The first-order chi connectivity index (χ1) is 39.3. The highest BCUT2D eigenvalue weighted by molar-refractivity contribution is 5.99. The van der Waals surface area contributed by atoms with E-state index >= 15 is 9.59 Å². The van der Waals surface area contributed by atoms with E-state index in [4.69, 9.17) is 0 Å². The molecule has 85 heavy (non-hydrogen) atoms. The van der Waals surface area contributed by atoms with Gasteiger partial charge >= 0.3 is 0 Å². The van der Waals surface area contributed by atoms with Gasteiger partial charge in [-0.25, -0.2) is 0 Å². The zero-order valence-corrected chi connectivity index (χ0v) is 55.5. The number of aliphatic hydroxyl groups is 2. The predicted octanol–water partition coefficient (Wildman–Crippen LogP) is 1.99. The molecule has 0 saturated carbocycles. The molecule has 1 fully saturated rings. The van der Waals surface area contributed by atoms with Gasteiger partial charge in [0.2, 0.25) is 65.0 Å². The van der Waals surface area contributed by atoms with Crippen LogP contribution in [0.15, 0.2) is 12.2 Å². The Bertz CT molecular complexity index is 2330. The van der Waals surface area contributed by atoms with Gasteiger partial charge in [0.15, 0.2) is 0 Å². The number of carbonyl (C=O) groups excluding carboxylic acids is 11. The lowest BCUT2D eigenvalue weighted by atomic mass is 9.91. The highest BCUT2D eigenvalue weighted by Crippen LogP contribution is 2.25. The number of aliphatic hydroxyl groups excluding tert-OH is 2. The van der Waals surface area contributed by atoms with Crippen LogP contribution >= 0.6 is 0 Å². The smallest absolute Gasteiger partial charge is 0.246 e. The maximum atomic E-state index is 15.1. The van der Waals surface area contributed by atoms with Crippen LogP contribution in [0.1, 0.15) is 150 Å². The first kappa shape index (κ1) is 76.8. The third-order valence-corrected chi connectivity index (χ3v) is 15.9. The van der Waals surface area contributed by atoms with Crippen molar-refractivity contribution in [2.75, 3.05) is 55.4 Å². The van der Waals surface area contributed by atoms with Crippen LogP contribution in [-0.4, -0.2) is 237 Å². The Balaban J connectivity index is 4.34. The van der Waals surface area contributed by atoms with Crippen LogP contribution in [0.25, 0.3) is 0 Å². The number of nitrogens with one attached hydrogen (secondary N) is 4. The van der Waals surface area contributed by atoms with Crippen molar-refractivity contribution in [1.29, 1.82) is 0 Å². The fraction of sp³-hybridized carbons (Fsp3) is 0.787. The van der Waals surface area contributed by atoms with Crippen molar-refractivity contribution in [3.05, 3.63) is 12.2 Å². The van der Waals surface area contributed by atoms with Gasteiger partial charge in [-0.15, -0.1) is 0 Å². The second kappa shape index (κ2) is 34.8. The van der Waals surface area contributed by atoms with Crippen molar-refractivity contribution in [3.63, 3.8) is 0 Å². The van der Waals surface area contributed by atoms with Gasteiger partial charge in [0, 0.05) is 48.8 Å². The number of amides is 11. The summed E-state index contributed by atoms with van der Waals surface area (Å²) in [6, 6.07) is -13.1. The van der Waals surface area contributed by atoms with E-state index in [1.54, 1.807) is 67.5 Å². The lowest BCUT2D eigenvalue weighted by molar-refractivity contribution is -0.157. The molecule has 24 heteroatoms. The van der Waals surface area contributed by atoms with Crippen molar-refractivity contribution in [3.8, 4) is 0 Å². The molecule has 6 N–H and O–H groups in total. The molecule has 1 heterocycles. The third-order valence-electron chi connectivity index (χ3n) is 15.9. The molecule has 3 unspecified atom stereocenters. The molecule has 0 aliphatic carbocycles. The van der Waals surface area contributed by atoms with Gasteiger partial charge in [-0.05, 0) is 102 Å². The monoisotopic (exact) mass is 1200 g/mol.